The van der Waals surface area contributed by atoms with Crippen LogP contribution in [0.1, 0.15) is 22.8 Å². The standard InChI is InChI=1S/C16H17F3N6/c1-11-21-15(23-22-11)10-24-4-6-25(7-5-24)14-3-2-12(9-20)8-13(14)16(17,18)19/h2-3,8H,4-7,10H2,1H3,(H,21,22,23). The van der Waals surface area contributed by atoms with Crippen molar-refractivity contribution >= 4 is 5.69 Å². The Hall–Kier alpha value is -2.60. The molecule has 1 aromatic carbocycles. The van der Waals surface area contributed by atoms with Crippen molar-refractivity contribution in [3.63, 3.8) is 0 Å². The maximum absolute atomic E-state index is 13.3. The summed E-state index contributed by atoms with van der Waals surface area (Å²) < 4.78 is 40.0. The monoisotopic (exact) mass is 350 g/mol. The SMILES string of the molecule is Cc1nc(CN2CCN(c3ccc(C#N)cc3C(F)(F)F)CC2)n[nH]1. The molecule has 2 aromatic rings. The van der Waals surface area contributed by atoms with Crippen LogP contribution in [0, 0.1) is 18.3 Å². The van der Waals surface area contributed by atoms with E-state index < -0.39 is 11.7 Å². The van der Waals surface area contributed by atoms with E-state index in [1.54, 1.807) is 11.0 Å². The fourth-order valence-electron chi connectivity index (χ4n) is 2.92. The molecule has 0 bridgehead atoms. The molecule has 0 aliphatic carbocycles. The van der Waals surface area contributed by atoms with Gasteiger partial charge in [-0.15, -0.1) is 0 Å². The lowest BCUT2D eigenvalue weighted by Crippen LogP contribution is -2.46. The maximum atomic E-state index is 13.3. The van der Waals surface area contributed by atoms with E-state index in [4.69, 9.17) is 5.26 Å². The minimum absolute atomic E-state index is 0.00897. The van der Waals surface area contributed by atoms with Crippen molar-refractivity contribution < 1.29 is 13.2 Å². The van der Waals surface area contributed by atoms with E-state index in [2.05, 4.69) is 20.1 Å². The van der Waals surface area contributed by atoms with Crippen LogP contribution in [-0.4, -0.2) is 46.3 Å². The Morgan fingerprint density at radius 2 is 1.96 bits per heavy atom. The number of piperazine rings is 1. The zero-order valence-electron chi connectivity index (χ0n) is 13.6. The molecule has 25 heavy (non-hydrogen) atoms. The molecule has 1 fully saturated rings. The summed E-state index contributed by atoms with van der Waals surface area (Å²) in [6, 6.07) is 5.49. The van der Waals surface area contributed by atoms with Crippen molar-refractivity contribution in [1.82, 2.24) is 20.1 Å². The molecule has 2 heterocycles. The Kier molecular flexibility index (Phi) is 4.63. The van der Waals surface area contributed by atoms with Crippen molar-refractivity contribution in [3.8, 4) is 6.07 Å². The molecule has 6 nitrogen and oxygen atoms in total. The summed E-state index contributed by atoms with van der Waals surface area (Å²) in [6.07, 6.45) is -4.49. The summed E-state index contributed by atoms with van der Waals surface area (Å²) in [7, 11) is 0. The van der Waals surface area contributed by atoms with Gasteiger partial charge in [0.05, 0.1) is 23.7 Å². The van der Waals surface area contributed by atoms with Gasteiger partial charge in [0.25, 0.3) is 0 Å². The number of hydrogen-bond donors (Lipinski definition) is 1. The van der Waals surface area contributed by atoms with Crippen LogP contribution in [0.3, 0.4) is 0 Å². The summed E-state index contributed by atoms with van der Waals surface area (Å²) in [4.78, 5) is 8.07. The highest BCUT2D eigenvalue weighted by Crippen LogP contribution is 2.37. The number of aromatic nitrogens is 3. The molecule has 3 rings (SSSR count). The molecule has 9 heteroatoms. The molecule has 1 aliphatic rings. The van der Waals surface area contributed by atoms with Crippen molar-refractivity contribution in [1.29, 1.82) is 5.26 Å². The molecule has 1 aromatic heterocycles. The molecule has 132 valence electrons. The van der Waals surface area contributed by atoms with Gasteiger partial charge in [-0.3, -0.25) is 10.00 Å². The Balaban J connectivity index is 1.71. The van der Waals surface area contributed by atoms with E-state index in [1.165, 1.54) is 12.1 Å². The number of anilines is 1. The van der Waals surface area contributed by atoms with Gasteiger partial charge in [0.2, 0.25) is 0 Å². The number of aryl methyl sites for hydroxylation is 1. The van der Waals surface area contributed by atoms with Gasteiger partial charge in [0.1, 0.15) is 5.82 Å². The molecule has 0 atom stereocenters. The van der Waals surface area contributed by atoms with Crippen molar-refractivity contribution in [3.05, 3.63) is 41.0 Å². The molecular formula is C16H17F3N6. The van der Waals surface area contributed by atoms with Gasteiger partial charge in [0.15, 0.2) is 5.82 Å². The maximum Gasteiger partial charge on any atom is 0.418 e. The molecule has 0 amide bonds. The first-order valence-electron chi connectivity index (χ1n) is 7.83. The van der Waals surface area contributed by atoms with Gasteiger partial charge in [-0.1, -0.05) is 0 Å². The van der Waals surface area contributed by atoms with E-state index in [-0.39, 0.29) is 11.3 Å². The van der Waals surface area contributed by atoms with E-state index in [9.17, 15) is 13.2 Å². The smallest absolute Gasteiger partial charge is 0.368 e. The highest BCUT2D eigenvalue weighted by molar-refractivity contribution is 5.58. The minimum atomic E-state index is -4.49. The average molecular weight is 350 g/mol. The Labute approximate surface area is 142 Å². The number of hydrogen-bond acceptors (Lipinski definition) is 5. The summed E-state index contributed by atoms with van der Waals surface area (Å²) in [5.41, 5.74) is -0.626. The number of rotatable bonds is 3. The van der Waals surface area contributed by atoms with Gasteiger partial charge in [-0.25, -0.2) is 4.98 Å². The zero-order valence-corrected chi connectivity index (χ0v) is 13.6. The zero-order chi connectivity index (χ0) is 18.0. The molecular weight excluding hydrogens is 333 g/mol. The van der Waals surface area contributed by atoms with Crippen LogP contribution in [0.25, 0.3) is 0 Å². The van der Waals surface area contributed by atoms with Crippen molar-refractivity contribution in [2.24, 2.45) is 0 Å². The second-order valence-electron chi connectivity index (χ2n) is 5.94. The van der Waals surface area contributed by atoms with Crippen LogP contribution in [0.5, 0.6) is 0 Å². The molecule has 1 aliphatic heterocycles. The predicted octanol–water partition coefficient (Wildman–Crippen LogP) is 2.33. The van der Waals surface area contributed by atoms with Crippen LogP contribution in [0.4, 0.5) is 18.9 Å². The largest absolute Gasteiger partial charge is 0.418 e. The third-order valence-electron chi connectivity index (χ3n) is 4.15. The summed E-state index contributed by atoms with van der Waals surface area (Å²) >= 11 is 0. The number of nitrogens with zero attached hydrogens (tertiary/aromatic N) is 5. The molecule has 0 spiro atoms. The van der Waals surface area contributed by atoms with Gasteiger partial charge in [-0.05, 0) is 25.1 Å². The lowest BCUT2D eigenvalue weighted by molar-refractivity contribution is -0.137. The Bertz CT molecular complexity index is 784. The predicted molar refractivity (Wildman–Crippen MR) is 84.8 cm³/mol. The topological polar surface area (TPSA) is 71.8 Å². The summed E-state index contributed by atoms with van der Waals surface area (Å²) in [5, 5.41) is 15.7. The third kappa shape index (κ3) is 3.91. The van der Waals surface area contributed by atoms with Crippen LogP contribution < -0.4 is 4.90 Å². The number of nitrogens with one attached hydrogen (secondary N) is 1. The lowest BCUT2D eigenvalue weighted by Gasteiger charge is -2.36. The molecule has 0 radical (unpaired) electrons. The van der Waals surface area contributed by atoms with Crippen LogP contribution in [0.2, 0.25) is 0 Å². The van der Waals surface area contributed by atoms with Gasteiger partial charge >= 0.3 is 6.18 Å². The molecule has 0 saturated carbocycles. The first-order chi connectivity index (χ1) is 11.9. The number of halogens is 3. The first kappa shape index (κ1) is 17.2. The normalized spacial score (nSPS) is 16.0. The second kappa shape index (κ2) is 6.72. The second-order valence-corrected chi connectivity index (χ2v) is 5.94. The number of H-pyrrole nitrogens is 1. The van der Waals surface area contributed by atoms with Crippen LogP contribution >= 0.6 is 0 Å². The number of benzene rings is 1. The van der Waals surface area contributed by atoms with Crippen LogP contribution in [-0.2, 0) is 12.7 Å². The van der Waals surface area contributed by atoms with Crippen molar-refractivity contribution in [2.45, 2.75) is 19.6 Å². The quantitative estimate of drug-likeness (QED) is 0.920. The highest BCUT2D eigenvalue weighted by atomic mass is 19.4. The highest BCUT2D eigenvalue weighted by Gasteiger charge is 2.36. The van der Waals surface area contributed by atoms with E-state index in [1.807, 2.05) is 6.92 Å². The van der Waals surface area contributed by atoms with Gasteiger partial charge in [0, 0.05) is 31.9 Å². The molecule has 0 unspecified atom stereocenters. The first-order valence-corrected chi connectivity index (χ1v) is 7.83. The third-order valence-corrected chi connectivity index (χ3v) is 4.15. The number of nitriles is 1. The summed E-state index contributed by atoms with van der Waals surface area (Å²) in [6.45, 7) is 4.56. The Morgan fingerprint density at radius 1 is 1.24 bits per heavy atom. The van der Waals surface area contributed by atoms with Gasteiger partial charge < -0.3 is 4.90 Å². The fraction of sp³-hybridized carbons (Fsp3) is 0.438. The van der Waals surface area contributed by atoms with E-state index in [0.717, 1.165) is 11.9 Å². The van der Waals surface area contributed by atoms with Crippen LogP contribution in [0.15, 0.2) is 18.2 Å². The molecule has 1 N–H and O–H groups in total. The van der Waals surface area contributed by atoms with Gasteiger partial charge in [-0.2, -0.15) is 23.5 Å². The minimum Gasteiger partial charge on any atom is -0.368 e. The Morgan fingerprint density at radius 3 is 2.52 bits per heavy atom. The van der Waals surface area contributed by atoms with E-state index in [0.29, 0.717) is 38.5 Å². The van der Waals surface area contributed by atoms with E-state index >= 15 is 0 Å². The lowest BCUT2D eigenvalue weighted by atomic mass is 10.1. The number of alkyl halides is 3. The average Bonchev–Trinajstić information content (AvgIpc) is 2.99. The fourth-order valence-corrected chi connectivity index (χ4v) is 2.92. The number of aromatic amines is 1. The summed E-state index contributed by atoms with van der Waals surface area (Å²) in [5.74, 6) is 1.42. The molecule has 1 saturated heterocycles. The van der Waals surface area contributed by atoms with Crippen molar-refractivity contribution in [2.75, 3.05) is 31.1 Å².